The van der Waals surface area contributed by atoms with Gasteiger partial charge in [0.1, 0.15) is 5.82 Å². The molecule has 2 atom stereocenters. The molecular formula is C15H26N2O. The lowest BCUT2D eigenvalue weighted by Gasteiger charge is -2.26. The van der Waals surface area contributed by atoms with Gasteiger partial charge in [0, 0.05) is 25.4 Å². The Balaban J connectivity index is 2.04. The summed E-state index contributed by atoms with van der Waals surface area (Å²) < 4.78 is 2.19. The minimum Gasteiger partial charge on any atom is -0.389 e. The number of aromatic nitrogens is 2. The zero-order valence-electron chi connectivity index (χ0n) is 11.7. The van der Waals surface area contributed by atoms with Gasteiger partial charge in [0.15, 0.2) is 0 Å². The van der Waals surface area contributed by atoms with Gasteiger partial charge in [0.25, 0.3) is 0 Å². The number of hydrogen-bond donors (Lipinski definition) is 1. The van der Waals surface area contributed by atoms with E-state index in [1.54, 1.807) is 0 Å². The van der Waals surface area contributed by atoms with Crippen molar-refractivity contribution in [3.63, 3.8) is 0 Å². The van der Waals surface area contributed by atoms with Gasteiger partial charge >= 0.3 is 0 Å². The van der Waals surface area contributed by atoms with Crippen molar-refractivity contribution in [2.75, 3.05) is 0 Å². The van der Waals surface area contributed by atoms with Crippen LogP contribution in [0.3, 0.4) is 0 Å². The van der Waals surface area contributed by atoms with Crippen LogP contribution in [-0.4, -0.2) is 20.3 Å². The molecule has 0 aliphatic heterocycles. The van der Waals surface area contributed by atoms with Crippen LogP contribution >= 0.6 is 0 Å². The van der Waals surface area contributed by atoms with Gasteiger partial charge in [0.2, 0.25) is 0 Å². The highest BCUT2D eigenvalue weighted by Gasteiger charge is 2.31. The van der Waals surface area contributed by atoms with Gasteiger partial charge in [-0.05, 0) is 31.6 Å². The minimum atomic E-state index is -0.526. The van der Waals surface area contributed by atoms with Gasteiger partial charge in [-0.25, -0.2) is 4.98 Å². The molecular weight excluding hydrogens is 224 g/mol. The summed E-state index contributed by atoms with van der Waals surface area (Å²) in [5.41, 5.74) is -0.526. The van der Waals surface area contributed by atoms with Crippen LogP contribution in [0.5, 0.6) is 0 Å². The Morgan fingerprint density at radius 2 is 2.28 bits per heavy atom. The van der Waals surface area contributed by atoms with Gasteiger partial charge in [0.05, 0.1) is 5.60 Å². The fourth-order valence-electron chi connectivity index (χ4n) is 2.99. The van der Waals surface area contributed by atoms with E-state index < -0.39 is 5.60 Å². The van der Waals surface area contributed by atoms with Crippen LogP contribution < -0.4 is 0 Å². The topological polar surface area (TPSA) is 38.0 Å². The molecule has 1 N–H and O–H groups in total. The molecule has 1 fully saturated rings. The zero-order valence-corrected chi connectivity index (χ0v) is 11.7. The van der Waals surface area contributed by atoms with Crippen LogP contribution in [0, 0.1) is 5.92 Å². The smallest absolute Gasteiger partial charge is 0.111 e. The van der Waals surface area contributed by atoms with Gasteiger partial charge in [-0.1, -0.05) is 26.7 Å². The summed E-state index contributed by atoms with van der Waals surface area (Å²) in [5.74, 6) is 1.81. The summed E-state index contributed by atoms with van der Waals surface area (Å²) >= 11 is 0. The molecule has 1 heterocycles. The molecule has 1 saturated carbocycles. The largest absolute Gasteiger partial charge is 0.389 e. The van der Waals surface area contributed by atoms with Crippen LogP contribution in [-0.2, 0) is 13.0 Å². The molecule has 0 spiro atoms. The highest BCUT2D eigenvalue weighted by atomic mass is 16.3. The second kappa shape index (κ2) is 5.87. The molecule has 1 aliphatic carbocycles. The van der Waals surface area contributed by atoms with E-state index in [1.807, 2.05) is 12.4 Å². The molecule has 0 saturated heterocycles. The first-order chi connectivity index (χ1) is 8.63. The lowest BCUT2D eigenvalue weighted by Crippen LogP contribution is -2.32. The molecule has 0 bridgehead atoms. The van der Waals surface area contributed by atoms with Crippen LogP contribution in [0.4, 0.5) is 0 Å². The van der Waals surface area contributed by atoms with Crippen molar-refractivity contribution in [3.8, 4) is 0 Å². The molecule has 2 rings (SSSR count). The standard InChI is InChI=1S/C15H26N2O/c1-3-10-17-11-9-16-14(17)12-15(18)7-4-5-13(2)6-8-15/h9,11,13,18H,3-8,10,12H2,1-2H3. The lowest BCUT2D eigenvalue weighted by molar-refractivity contribution is 0.0217. The van der Waals surface area contributed by atoms with Crippen molar-refractivity contribution < 1.29 is 5.11 Å². The lowest BCUT2D eigenvalue weighted by atomic mass is 9.90. The van der Waals surface area contributed by atoms with Gasteiger partial charge in [-0.2, -0.15) is 0 Å². The third kappa shape index (κ3) is 3.35. The Hall–Kier alpha value is -0.830. The molecule has 18 heavy (non-hydrogen) atoms. The molecule has 0 amide bonds. The molecule has 3 heteroatoms. The molecule has 1 aromatic rings. The number of aryl methyl sites for hydroxylation is 1. The first kappa shape index (κ1) is 13.6. The summed E-state index contributed by atoms with van der Waals surface area (Å²) in [6, 6.07) is 0. The maximum Gasteiger partial charge on any atom is 0.111 e. The summed E-state index contributed by atoms with van der Waals surface area (Å²) in [6.45, 7) is 5.47. The highest BCUT2D eigenvalue weighted by molar-refractivity contribution is 4.99. The minimum absolute atomic E-state index is 0.526. The average molecular weight is 250 g/mol. The molecule has 3 nitrogen and oxygen atoms in total. The predicted molar refractivity (Wildman–Crippen MR) is 73.4 cm³/mol. The maximum atomic E-state index is 10.8. The number of imidazole rings is 1. The van der Waals surface area contributed by atoms with Crippen LogP contribution in [0.25, 0.3) is 0 Å². The van der Waals surface area contributed by atoms with E-state index in [0.29, 0.717) is 6.42 Å². The summed E-state index contributed by atoms with van der Waals surface area (Å²) in [6.07, 6.45) is 11.1. The maximum absolute atomic E-state index is 10.8. The Morgan fingerprint density at radius 1 is 1.44 bits per heavy atom. The van der Waals surface area contributed by atoms with Crippen molar-refractivity contribution in [1.82, 2.24) is 9.55 Å². The molecule has 0 aromatic carbocycles. The van der Waals surface area contributed by atoms with Crippen molar-refractivity contribution in [2.24, 2.45) is 5.92 Å². The third-order valence-corrected chi connectivity index (χ3v) is 4.19. The molecule has 0 radical (unpaired) electrons. The first-order valence-corrected chi connectivity index (χ1v) is 7.35. The normalized spacial score (nSPS) is 29.2. The van der Waals surface area contributed by atoms with Crippen molar-refractivity contribution >= 4 is 0 Å². The van der Waals surface area contributed by atoms with Crippen LogP contribution in [0.1, 0.15) is 58.2 Å². The molecule has 2 unspecified atom stereocenters. The summed E-state index contributed by atoms with van der Waals surface area (Å²) in [7, 11) is 0. The quantitative estimate of drug-likeness (QED) is 0.834. The van der Waals surface area contributed by atoms with E-state index in [1.165, 1.54) is 6.42 Å². The van der Waals surface area contributed by atoms with Crippen LogP contribution in [0.15, 0.2) is 12.4 Å². The Kier molecular flexibility index (Phi) is 4.44. The first-order valence-electron chi connectivity index (χ1n) is 7.35. The third-order valence-electron chi connectivity index (χ3n) is 4.19. The van der Waals surface area contributed by atoms with E-state index in [4.69, 9.17) is 0 Å². The Bertz CT molecular complexity index is 374. The van der Waals surface area contributed by atoms with E-state index in [9.17, 15) is 5.11 Å². The van der Waals surface area contributed by atoms with E-state index in [0.717, 1.165) is 50.4 Å². The fraction of sp³-hybridized carbons (Fsp3) is 0.800. The van der Waals surface area contributed by atoms with Gasteiger partial charge in [-0.3, -0.25) is 0 Å². The van der Waals surface area contributed by atoms with E-state index >= 15 is 0 Å². The van der Waals surface area contributed by atoms with Crippen molar-refractivity contribution in [3.05, 3.63) is 18.2 Å². The molecule has 1 aromatic heterocycles. The fourth-order valence-corrected chi connectivity index (χ4v) is 2.99. The number of rotatable bonds is 4. The van der Waals surface area contributed by atoms with Crippen molar-refractivity contribution in [1.29, 1.82) is 0 Å². The zero-order chi connectivity index (χ0) is 13.0. The Labute approximate surface area is 110 Å². The van der Waals surface area contributed by atoms with Gasteiger partial charge in [-0.15, -0.1) is 0 Å². The van der Waals surface area contributed by atoms with Crippen LogP contribution in [0.2, 0.25) is 0 Å². The molecule has 1 aliphatic rings. The summed E-state index contributed by atoms with van der Waals surface area (Å²) in [4.78, 5) is 4.43. The monoisotopic (exact) mass is 250 g/mol. The van der Waals surface area contributed by atoms with Gasteiger partial charge < -0.3 is 9.67 Å². The number of hydrogen-bond acceptors (Lipinski definition) is 2. The summed E-state index contributed by atoms with van der Waals surface area (Å²) in [5, 5.41) is 10.8. The second-order valence-corrected chi connectivity index (χ2v) is 5.97. The molecule has 102 valence electrons. The number of nitrogens with zero attached hydrogens (tertiary/aromatic N) is 2. The Morgan fingerprint density at radius 3 is 3.06 bits per heavy atom. The van der Waals surface area contributed by atoms with E-state index in [-0.39, 0.29) is 0 Å². The number of aliphatic hydroxyl groups is 1. The average Bonchev–Trinajstić information content (AvgIpc) is 2.67. The van der Waals surface area contributed by atoms with Crippen molar-refractivity contribution in [2.45, 2.75) is 70.9 Å². The predicted octanol–water partition coefficient (Wildman–Crippen LogP) is 3.17. The second-order valence-electron chi connectivity index (χ2n) is 5.97. The van der Waals surface area contributed by atoms with E-state index in [2.05, 4.69) is 23.4 Å². The highest BCUT2D eigenvalue weighted by Crippen LogP contribution is 2.32. The SMILES string of the molecule is CCCn1ccnc1CC1(O)CCCC(C)CC1.